The smallest absolute Gasteiger partial charge is 0.244 e. The topological polar surface area (TPSA) is 86.8 Å². The Bertz CT molecular complexity index is 1310. The molecule has 0 spiro atoms. The van der Waals surface area contributed by atoms with Gasteiger partial charge in [0.2, 0.25) is 21.8 Å². The number of anilines is 1. The van der Waals surface area contributed by atoms with E-state index in [2.05, 4.69) is 5.32 Å². The van der Waals surface area contributed by atoms with Crippen LogP contribution in [0.15, 0.2) is 66.7 Å². The van der Waals surface area contributed by atoms with Crippen molar-refractivity contribution in [2.45, 2.75) is 32.9 Å². The summed E-state index contributed by atoms with van der Waals surface area (Å²) in [7, 11) is -3.81. The molecule has 0 saturated heterocycles. The summed E-state index contributed by atoms with van der Waals surface area (Å²) in [5, 5.41) is 4.89. The molecule has 35 heavy (non-hydrogen) atoms. The monoisotopic (exact) mass is 515 g/mol. The first-order valence-electron chi connectivity index (χ1n) is 11.4. The third kappa shape index (κ3) is 6.74. The fraction of sp³-hybridized carbons (Fsp3) is 0.308. The van der Waals surface area contributed by atoms with E-state index >= 15 is 0 Å². The van der Waals surface area contributed by atoms with Gasteiger partial charge in [0, 0.05) is 23.5 Å². The van der Waals surface area contributed by atoms with Crippen LogP contribution in [0.4, 0.5) is 5.69 Å². The standard InChI is InChI=1S/C26H30ClN3O4S/c1-4-15-28-26(32)19(2)29(17-20-9-7-12-22(27)16-20)25(31)18-30(35(3,33)34)24-14-8-11-21-10-5-6-13-23(21)24/h5-14,16,19H,4,15,17-18H2,1-3H3,(H,28,32)/t19-/m1/s1. The van der Waals surface area contributed by atoms with Gasteiger partial charge in [0.15, 0.2) is 0 Å². The van der Waals surface area contributed by atoms with E-state index < -0.39 is 28.5 Å². The summed E-state index contributed by atoms with van der Waals surface area (Å²) in [6.45, 7) is 3.71. The van der Waals surface area contributed by atoms with Crippen molar-refractivity contribution >= 4 is 49.9 Å². The molecule has 7 nitrogen and oxygen atoms in total. The molecule has 0 aliphatic rings. The van der Waals surface area contributed by atoms with E-state index in [1.807, 2.05) is 43.3 Å². The lowest BCUT2D eigenvalue weighted by Gasteiger charge is -2.31. The SMILES string of the molecule is CCCNC(=O)[C@@H](C)N(Cc1cccc(Cl)c1)C(=O)CN(c1cccc2ccccc12)S(C)(=O)=O. The Hall–Kier alpha value is -3.10. The molecule has 0 fully saturated rings. The van der Waals surface area contributed by atoms with Crippen LogP contribution in [0, 0.1) is 0 Å². The molecule has 1 N–H and O–H groups in total. The second-order valence-corrected chi connectivity index (χ2v) is 10.7. The maximum Gasteiger partial charge on any atom is 0.244 e. The number of nitrogens with zero attached hydrogens (tertiary/aromatic N) is 2. The van der Waals surface area contributed by atoms with Crippen LogP contribution in [-0.4, -0.2) is 50.5 Å². The van der Waals surface area contributed by atoms with Gasteiger partial charge in [-0.3, -0.25) is 13.9 Å². The molecule has 3 rings (SSSR count). The summed E-state index contributed by atoms with van der Waals surface area (Å²) in [5.41, 5.74) is 1.14. The van der Waals surface area contributed by atoms with Gasteiger partial charge >= 0.3 is 0 Å². The van der Waals surface area contributed by atoms with E-state index in [1.165, 1.54) is 4.90 Å². The van der Waals surface area contributed by atoms with E-state index in [1.54, 1.807) is 37.3 Å². The van der Waals surface area contributed by atoms with Crippen LogP contribution in [-0.2, 0) is 26.2 Å². The summed E-state index contributed by atoms with van der Waals surface area (Å²) in [5.74, 6) is -0.805. The molecule has 186 valence electrons. The Morgan fingerprint density at radius 2 is 1.71 bits per heavy atom. The van der Waals surface area contributed by atoms with Gasteiger partial charge in [-0.1, -0.05) is 67.1 Å². The first kappa shape index (κ1) is 26.5. The third-order valence-electron chi connectivity index (χ3n) is 5.67. The highest BCUT2D eigenvalue weighted by Gasteiger charge is 2.30. The molecular weight excluding hydrogens is 486 g/mol. The third-order valence-corrected chi connectivity index (χ3v) is 7.03. The van der Waals surface area contributed by atoms with Gasteiger partial charge in [-0.05, 0) is 42.5 Å². The van der Waals surface area contributed by atoms with E-state index in [0.717, 1.165) is 27.9 Å². The second-order valence-electron chi connectivity index (χ2n) is 8.39. The number of nitrogens with one attached hydrogen (secondary N) is 1. The number of hydrogen-bond acceptors (Lipinski definition) is 4. The van der Waals surface area contributed by atoms with Crippen molar-refractivity contribution in [3.8, 4) is 0 Å². The normalized spacial score (nSPS) is 12.2. The Kier molecular flexibility index (Phi) is 8.75. The number of fused-ring (bicyclic) bond motifs is 1. The van der Waals surface area contributed by atoms with Gasteiger partial charge in [0.25, 0.3) is 0 Å². The van der Waals surface area contributed by atoms with Gasteiger partial charge in [-0.25, -0.2) is 8.42 Å². The van der Waals surface area contributed by atoms with E-state index in [9.17, 15) is 18.0 Å². The highest BCUT2D eigenvalue weighted by atomic mass is 35.5. The molecule has 0 radical (unpaired) electrons. The van der Waals surface area contributed by atoms with Gasteiger partial charge in [-0.15, -0.1) is 0 Å². The van der Waals surface area contributed by atoms with Crippen molar-refractivity contribution < 1.29 is 18.0 Å². The molecule has 0 aromatic heterocycles. The first-order chi connectivity index (χ1) is 16.6. The first-order valence-corrected chi connectivity index (χ1v) is 13.6. The quantitative estimate of drug-likeness (QED) is 0.438. The molecule has 3 aromatic carbocycles. The van der Waals surface area contributed by atoms with E-state index in [-0.39, 0.29) is 12.5 Å². The minimum Gasteiger partial charge on any atom is -0.354 e. The molecule has 0 unspecified atom stereocenters. The van der Waals surface area contributed by atoms with Crippen molar-refractivity contribution in [1.29, 1.82) is 0 Å². The summed E-state index contributed by atoms with van der Waals surface area (Å²) >= 11 is 6.13. The number of hydrogen-bond donors (Lipinski definition) is 1. The molecule has 0 aliphatic carbocycles. The Balaban J connectivity index is 1.98. The average Bonchev–Trinajstić information content (AvgIpc) is 2.83. The number of rotatable bonds is 10. The lowest BCUT2D eigenvalue weighted by molar-refractivity contribution is -0.139. The van der Waals surface area contributed by atoms with Crippen molar-refractivity contribution in [3.05, 3.63) is 77.3 Å². The lowest BCUT2D eigenvalue weighted by Crippen LogP contribution is -2.51. The number of sulfonamides is 1. The van der Waals surface area contributed by atoms with E-state index in [0.29, 0.717) is 22.6 Å². The maximum absolute atomic E-state index is 13.6. The van der Waals surface area contributed by atoms with Crippen LogP contribution in [0.2, 0.25) is 5.02 Å². The summed E-state index contributed by atoms with van der Waals surface area (Å²) < 4.78 is 26.8. The van der Waals surface area contributed by atoms with Crippen LogP contribution in [0.3, 0.4) is 0 Å². The van der Waals surface area contributed by atoms with Crippen LogP contribution in [0.1, 0.15) is 25.8 Å². The zero-order valence-electron chi connectivity index (χ0n) is 20.1. The molecule has 1 atom stereocenters. The molecule has 0 bridgehead atoms. The molecule has 0 saturated carbocycles. The fourth-order valence-electron chi connectivity index (χ4n) is 3.83. The number of carbonyl (C=O) groups is 2. The molecular formula is C26H30ClN3O4S. The van der Waals surface area contributed by atoms with Crippen LogP contribution >= 0.6 is 11.6 Å². The van der Waals surface area contributed by atoms with Crippen molar-refractivity contribution in [2.24, 2.45) is 0 Å². The molecule has 2 amide bonds. The fourth-order valence-corrected chi connectivity index (χ4v) is 4.91. The number of halogens is 1. The largest absolute Gasteiger partial charge is 0.354 e. The highest BCUT2D eigenvalue weighted by Crippen LogP contribution is 2.28. The number of amides is 2. The highest BCUT2D eigenvalue weighted by molar-refractivity contribution is 7.92. The van der Waals surface area contributed by atoms with Gasteiger partial charge in [-0.2, -0.15) is 0 Å². The van der Waals surface area contributed by atoms with Gasteiger partial charge < -0.3 is 10.2 Å². The molecule has 3 aromatic rings. The molecule has 0 aliphatic heterocycles. The number of benzene rings is 3. The zero-order valence-corrected chi connectivity index (χ0v) is 21.6. The minimum absolute atomic E-state index is 0.104. The van der Waals surface area contributed by atoms with Crippen molar-refractivity contribution in [2.75, 3.05) is 23.7 Å². The van der Waals surface area contributed by atoms with Gasteiger partial charge in [0.1, 0.15) is 12.6 Å². The van der Waals surface area contributed by atoms with Crippen molar-refractivity contribution in [1.82, 2.24) is 10.2 Å². The predicted molar refractivity (Wildman–Crippen MR) is 141 cm³/mol. The molecule has 9 heteroatoms. The second kappa shape index (κ2) is 11.6. The number of carbonyl (C=O) groups excluding carboxylic acids is 2. The Morgan fingerprint density at radius 1 is 1.03 bits per heavy atom. The minimum atomic E-state index is -3.81. The Labute approximate surface area is 211 Å². The van der Waals surface area contributed by atoms with E-state index in [4.69, 9.17) is 11.6 Å². The lowest BCUT2D eigenvalue weighted by atomic mass is 10.1. The predicted octanol–water partition coefficient (Wildman–Crippen LogP) is 4.20. The Morgan fingerprint density at radius 3 is 2.40 bits per heavy atom. The van der Waals surface area contributed by atoms with Crippen molar-refractivity contribution in [3.63, 3.8) is 0 Å². The van der Waals surface area contributed by atoms with Crippen LogP contribution in [0.25, 0.3) is 10.8 Å². The van der Waals surface area contributed by atoms with Gasteiger partial charge in [0.05, 0.1) is 11.9 Å². The summed E-state index contributed by atoms with van der Waals surface area (Å²) in [6, 6.07) is 18.9. The van der Waals surface area contributed by atoms with Crippen LogP contribution in [0.5, 0.6) is 0 Å². The summed E-state index contributed by atoms with van der Waals surface area (Å²) in [6.07, 6.45) is 1.82. The summed E-state index contributed by atoms with van der Waals surface area (Å²) in [4.78, 5) is 27.8. The van der Waals surface area contributed by atoms with Crippen LogP contribution < -0.4 is 9.62 Å². The molecule has 0 heterocycles. The zero-order chi connectivity index (χ0) is 25.6. The maximum atomic E-state index is 13.6. The average molecular weight is 516 g/mol.